The van der Waals surface area contributed by atoms with E-state index in [1.54, 1.807) is 12.1 Å². The summed E-state index contributed by atoms with van der Waals surface area (Å²) >= 11 is 0. The van der Waals surface area contributed by atoms with E-state index >= 15 is 0 Å². The van der Waals surface area contributed by atoms with Crippen molar-refractivity contribution in [1.29, 1.82) is 0 Å². The van der Waals surface area contributed by atoms with Gasteiger partial charge < -0.3 is 9.88 Å². The van der Waals surface area contributed by atoms with Gasteiger partial charge in [0, 0.05) is 56.6 Å². The first-order valence-corrected chi connectivity index (χ1v) is 14.3. The van der Waals surface area contributed by atoms with Crippen LogP contribution in [-0.2, 0) is 27.5 Å². The zero-order chi connectivity index (χ0) is 26.8. The lowest BCUT2D eigenvalue weighted by atomic mass is 9.97. The van der Waals surface area contributed by atoms with Crippen molar-refractivity contribution in [2.24, 2.45) is 0 Å². The highest BCUT2D eigenvalue weighted by Gasteiger charge is 2.39. The number of nitrogens with zero attached hydrogens (tertiary/aromatic N) is 3. The quantitative estimate of drug-likeness (QED) is 0.504. The minimum Gasteiger partial charge on any atom is -0.356 e. The van der Waals surface area contributed by atoms with Gasteiger partial charge in [-0.3, -0.25) is 9.69 Å². The molecule has 0 spiro atoms. The lowest BCUT2D eigenvalue weighted by molar-refractivity contribution is -0.137. The third kappa shape index (κ3) is 6.21. The number of carbonyl (C=O) groups excluding carboxylic acids is 1. The highest BCUT2D eigenvalue weighted by atomic mass is 32.2. The average molecular weight is 541 g/mol. The van der Waals surface area contributed by atoms with Gasteiger partial charge in [-0.1, -0.05) is 12.5 Å². The zero-order valence-electron chi connectivity index (χ0n) is 21.2. The predicted molar refractivity (Wildman–Crippen MR) is 134 cm³/mol. The summed E-state index contributed by atoms with van der Waals surface area (Å²) in [5.74, 6) is -0.288. The molecule has 3 unspecified atom stereocenters. The van der Waals surface area contributed by atoms with Crippen LogP contribution in [0, 0.1) is 0 Å². The number of carbonyl (C=O) groups is 1. The fraction of sp³-hybridized carbons (Fsp3) is 0.577. The molecule has 2 aliphatic rings. The van der Waals surface area contributed by atoms with Crippen LogP contribution in [0.5, 0.6) is 0 Å². The topological polar surface area (TPSA) is 74.7 Å². The smallest absolute Gasteiger partial charge is 0.356 e. The number of alkyl halides is 3. The lowest BCUT2D eigenvalue weighted by Crippen LogP contribution is -2.45. The first-order valence-electron chi connectivity index (χ1n) is 12.8. The van der Waals surface area contributed by atoms with Crippen LogP contribution in [0.1, 0.15) is 63.3 Å². The fourth-order valence-electron chi connectivity index (χ4n) is 5.56. The molecule has 204 valence electrons. The van der Waals surface area contributed by atoms with Crippen molar-refractivity contribution < 1.29 is 26.4 Å². The SMILES string of the molecule is CC1CCCC(C)N1CCCNC(=O)CC1c2cccn2CCN1S(=O)(=O)c1cccc(C(F)(F)F)c1. The van der Waals surface area contributed by atoms with Crippen LogP contribution in [0.4, 0.5) is 13.2 Å². The van der Waals surface area contributed by atoms with E-state index in [-0.39, 0.29) is 18.9 Å². The molecular formula is C26H35F3N4O3S. The molecule has 2 aromatic rings. The molecule has 0 saturated carbocycles. The van der Waals surface area contributed by atoms with E-state index in [1.165, 1.54) is 19.3 Å². The number of nitrogens with one attached hydrogen (secondary N) is 1. The number of hydrogen-bond acceptors (Lipinski definition) is 4. The van der Waals surface area contributed by atoms with Crippen LogP contribution >= 0.6 is 0 Å². The van der Waals surface area contributed by atoms with Gasteiger partial charge in [-0.2, -0.15) is 17.5 Å². The molecule has 1 saturated heterocycles. The van der Waals surface area contributed by atoms with Gasteiger partial charge in [0.1, 0.15) is 0 Å². The van der Waals surface area contributed by atoms with Crippen LogP contribution in [-0.4, -0.2) is 59.8 Å². The van der Waals surface area contributed by atoms with Crippen molar-refractivity contribution in [2.45, 2.75) is 81.7 Å². The maximum absolute atomic E-state index is 13.5. The number of amides is 1. The van der Waals surface area contributed by atoms with E-state index in [4.69, 9.17) is 0 Å². The molecule has 3 atom stereocenters. The van der Waals surface area contributed by atoms with Crippen molar-refractivity contribution in [1.82, 2.24) is 19.1 Å². The Morgan fingerprint density at radius 3 is 2.51 bits per heavy atom. The number of likely N-dealkylation sites (tertiary alicyclic amines) is 1. The van der Waals surface area contributed by atoms with E-state index in [0.717, 1.165) is 35.5 Å². The molecule has 4 rings (SSSR count). The molecule has 11 heteroatoms. The van der Waals surface area contributed by atoms with Crippen LogP contribution in [0.3, 0.4) is 0 Å². The predicted octanol–water partition coefficient (Wildman–Crippen LogP) is 4.41. The fourth-order valence-corrected chi connectivity index (χ4v) is 7.19. The third-order valence-electron chi connectivity index (χ3n) is 7.55. The highest BCUT2D eigenvalue weighted by molar-refractivity contribution is 7.89. The van der Waals surface area contributed by atoms with Gasteiger partial charge >= 0.3 is 6.18 Å². The summed E-state index contributed by atoms with van der Waals surface area (Å²) in [5.41, 5.74) is -0.381. The van der Waals surface area contributed by atoms with Crippen molar-refractivity contribution in [3.63, 3.8) is 0 Å². The summed E-state index contributed by atoms with van der Waals surface area (Å²) < 4.78 is 69.8. The molecule has 0 aliphatic carbocycles. The average Bonchev–Trinajstić information content (AvgIpc) is 3.32. The number of sulfonamides is 1. The van der Waals surface area contributed by atoms with E-state index in [9.17, 15) is 26.4 Å². The molecule has 2 aliphatic heterocycles. The van der Waals surface area contributed by atoms with Crippen molar-refractivity contribution >= 4 is 15.9 Å². The van der Waals surface area contributed by atoms with E-state index in [0.29, 0.717) is 36.9 Å². The number of piperidine rings is 1. The van der Waals surface area contributed by atoms with Gasteiger partial charge in [0.05, 0.1) is 16.5 Å². The van der Waals surface area contributed by atoms with Gasteiger partial charge in [0.25, 0.3) is 0 Å². The van der Waals surface area contributed by atoms with Gasteiger partial charge in [0.2, 0.25) is 15.9 Å². The monoisotopic (exact) mass is 540 g/mol. The molecule has 1 aromatic heterocycles. The first-order chi connectivity index (χ1) is 17.5. The maximum Gasteiger partial charge on any atom is 0.416 e. The second-order valence-electron chi connectivity index (χ2n) is 10.1. The molecule has 1 fully saturated rings. The standard InChI is InChI=1S/C26H35F3N4O3S/c1-19-7-3-8-20(2)32(19)14-6-12-30-25(34)18-24-23-11-5-13-31(23)15-16-33(24)37(35,36)22-10-4-9-21(17-22)26(27,28)29/h4-5,9-11,13,17,19-20,24H,3,6-8,12,14-16,18H2,1-2H3,(H,30,34). The van der Waals surface area contributed by atoms with Gasteiger partial charge in [-0.25, -0.2) is 8.42 Å². The summed E-state index contributed by atoms with van der Waals surface area (Å²) in [6, 6.07) is 7.51. The van der Waals surface area contributed by atoms with Crippen LogP contribution < -0.4 is 5.32 Å². The molecule has 1 aromatic carbocycles. The molecule has 37 heavy (non-hydrogen) atoms. The Bertz CT molecular complexity index is 1190. The summed E-state index contributed by atoms with van der Waals surface area (Å²) in [4.78, 5) is 14.9. The summed E-state index contributed by atoms with van der Waals surface area (Å²) in [7, 11) is -4.28. The number of aromatic nitrogens is 1. The molecule has 3 heterocycles. The largest absolute Gasteiger partial charge is 0.416 e. The first kappa shape index (κ1) is 27.7. The number of fused-ring (bicyclic) bond motifs is 1. The zero-order valence-corrected chi connectivity index (χ0v) is 22.1. The van der Waals surface area contributed by atoms with Crippen molar-refractivity contribution in [3.8, 4) is 0 Å². The van der Waals surface area contributed by atoms with Crippen LogP contribution in [0.25, 0.3) is 0 Å². The molecule has 1 N–H and O–H groups in total. The Morgan fingerprint density at radius 1 is 1.08 bits per heavy atom. The lowest BCUT2D eigenvalue weighted by Gasteiger charge is -2.39. The number of hydrogen-bond donors (Lipinski definition) is 1. The van der Waals surface area contributed by atoms with Crippen molar-refractivity contribution in [2.75, 3.05) is 19.6 Å². The van der Waals surface area contributed by atoms with Crippen LogP contribution in [0.15, 0.2) is 47.5 Å². The molecule has 1 amide bonds. The van der Waals surface area contributed by atoms with Gasteiger partial charge in [-0.15, -0.1) is 0 Å². The van der Waals surface area contributed by atoms with E-state index in [1.807, 2.05) is 10.8 Å². The summed E-state index contributed by atoms with van der Waals surface area (Å²) in [5, 5.41) is 2.92. The molecule has 0 radical (unpaired) electrons. The highest BCUT2D eigenvalue weighted by Crippen LogP contribution is 2.36. The Labute approximate surface area is 216 Å². The Morgan fingerprint density at radius 2 is 1.81 bits per heavy atom. The minimum absolute atomic E-state index is 0.0585. The van der Waals surface area contributed by atoms with Crippen LogP contribution in [0.2, 0.25) is 0 Å². The third-order valence-corrected chi connectivity index (χ3v) is 9.46. The summed E-state index contributed by atoms with van der Waals surface area (Å²) in [6.07, 6.45) is 1.41. The van der Waals surface area contributed by atoms with Gasteiger partial charge in [0.15, 0.2) is 0 Å². The van der Waals surface area contributed by atoms with Gasteiger partial charge in [-0.05, 0) is 63.4 Å². The molecule has 7 nitrogen and oxygen atoms in total. The Balaban J connectivity index is 1.45. The van der Waals surface area contributed by atoms with E-state index < -0.39 is 32.7 Å². The normalized spacial score (nSPS) is 23.5. The van der Waals surface area contributed by atoms with E-state index in [2.05, 4.69) is 24.1 Å². The molecule has 0 bridgehead atoms. The number of rotatable bonds is 8. The second kappa shape index (κ2) is 11.2. The Hall–Kier alpha value is -2.37. The number of halogens is 3. The van der Waals surface area contributed by atoms with Crippen molar-refractivity contribution in [3.05, 3.63) is 53.9 Å². The molecular weight excluding hydrogens is 505 g/mol. The maximum atomic E-state index is 13.5. The Kier molecular flexibility index (Phi) is 8.35. The minimum atomic E-state index is -4.66. The summed E-state index contributed by atoms with van der Waals surface area (Å²) in [6.45, 7) is 6.22. The second-order valence-corrected chi connectivity index (χ2v) is 11.9. The number of benzene rings is 1.